The van der Waals surface area contributed by atoms with Gasteiger partial charge in [0.1, 0.15) is 0 Å². The van der Waals surface area contributed by atoms with E-state index in [2.05, 4.69) is 31.0 Å². The summed E-state index contributed by atoms with van der Waals surface area (Å²) in [7, 11) is 0. The van der Waals surface area contributed by atoms with Crippen molar-refractivity contribution in [3.8, 4) is 0 Å². The van der Waals surface area contributed by atoms with Gasteiger partial charge in [0.25, 0.3) is 0 Å². The Labute approximate surface area is 81.6 Å². The number of aromatic nitrogens is 1. The smallest absolute Gasteiger partial charge is 0.0178 e. The summed E-state index contributed by atoms with van der Waals surface area (Å²) in [5, 5.41) is 0. The topological polar surface area (TPSA) is 15.8 Å². The fourth-order valence-electron chi connectivity index (χ4n) is 1.85. The highest BCUT2D eigenvalue weighted by Gasteiger charge is 2.09. The first-order chi connectivity index (χ1) is 6.38. The molecule has 0 fully saturated rings. The molecule has 1 unspecified atom stereocenters. The number of hydrogen-bond donors (Lipinski definition) is 1. The van der Waals surface area contributed by atoms with Crippen LogP contribution in [0.5, 0.6) is 0 Å². The van der Waals surface area contributed by atoms with Gasteiger partial charge in [-0.05, 0) is 30.9 Å². The van der Waals surface area contributed by atoms with Crippen molar-refractivity contribution in [2.75, 3.05) is 0 Å². The van der Waals surface area contributed by atoms with Gasteiger partial charge < -0.3 is 4.98 Å². The van der Waals surface area contributed by atoms with Crippen molar-refractivity contribution < 1.29 is 0 Å². The largest absolute Gasteiger partial charge is 0.365 e. The van der Waals surface area contributed by atoms with E-state index in [0.29, 0.717) is 0 Å². The molecule has 1 atom stereocenters. The molecule has 1 heteroatoms. The maximum atomic E-state index is 3.33. The maximum Gasteiger partial charge on any atom is 0.0178 e. The van der Waals surface area contributed by atoms with E-state index >= 15 is 0 Å². The van der Waals surface area contributed by atoms with Crippen LogP contribution in [-0.4, -0.2) is 4.98 Å². The van der Waals surface area contributed by atoms with Crippen LogP contribution in [0.3, 0.4) is 0 Å². The van der Waals surface area contributed by atoms with E-state index in [9.17, 15) is 0 Å². The number of rotatable bonds is 6. The SMILES string of the molecule is CCCCC(CCC)c1ccc[nH]1. The van der Waals surface area contributed by atoms with E-state index in [1.54, 1.807) is 0 Å². The molecule has 0 saturated heterocycles. The molecule has 0 aliphatic carbocycles. The van der Waals surface area contributed by atoms with Gasteiger partial charge in [-0.2, -0.15) is 0 Å². The molecule has 74 valence electrons. The lowest BCUT2D eigenvalue weighted by Gasteiger charge is -2.13. The average molecular weight is 179 g/mol. The van der Waals surface area contributed by atoms with Gasteiger partial charge in [-0.15, -0.1) is 0 Å². The fourth-order valence-corrected chi connectivity index (χ4v) is 1.85. The van der Waals surface area contributed by atoms with Crippen molar-refractivity contribution in [2.24, 2.45) is 0 Å². The number of aromatic amines is 1. The third-order valence-corrected chi connectivity index (χ3v) is 2.61. The number of nitrogens with one attached hydrogen (secondary N) is 1. The lowest BCUT2D eigenvalue weighted by molar-refractivity contribution is 0.532. The molecule has 1 nitrogen and oxygen atoms in total. The lowest BCUT2D eigenvalue weighted by Crippen LogP contribution is -1.98. The predicted molar refractivity (Wildman–Crippen MR) is 58.0 cm³/mol. The van der Waals surface area contributed by atoms with E-state index in [0.717, 1.165) is 5.92 Å². The molecule has 0 aromatic carbocycles. The Morgan fingerprint density at radius 2 is 2.08 bits per heavy atom. The molecule has 1 aromatic rings. The van der Waals surface area contributed by atoms with Crippen molar-refractivity contribution in [3.05, 3.63) is 24.0 Å². The van der Waals surface area contributed by atoms with Crippen molar-refractivity contribution in [1.29, 1.82) is 0 Å². The molecule has 0 aliphatic heterocycles. The van der Waals surface area contributed by atoms with Crippen LogP contribution >= 0.6 is 0 Å². The highest BCUT2D eigenvalue weighted by atomic mass is 14.7. The lowest BCUT2D eigenvalue weighted by atomic mass is 9.94. The Hall–Kier alpha value is -0.720. The third kappa shape index (κ3) is 3.25. The first-order valence-corrected chi connectivity index (χ1v) is 5.51. The molecular weight excluding hydrogens is 158 g/mol. The van der Waals surface area contributed by atoms with Crippen molar-refractivity contribution in [3.63, 3.8) is 0 Å². The van der Waals surface area contributed by atoms with Crippen LogP contribution in [-0.2, 0) is 0 Å². The second kappa shape index (κ2) is 5.85. The molecule has 1 rings (SSSR count). The van der Waals surface area contributed by atoms with Crippen LogP contribution < -0.4 is 0 Å². The number of H-pyrrole nitrogens is 1. The van der Waals surface area contributed by atoms with Crippen molar-refractivity contribution >= 4 is 0 Å². The first-order valence-electron chi connectivity index (χ1n) is 5.51. The summed E-state index contributed by atoms with van der Waals surface area (Å²) >= 11 is 0. The average Bonchev–Trinajstić information content (AvgIpc) is 2.65. The monoisotopic (exact) mass is 179 g/mol. The third-order valence-electron chi connectivity index (χ3n) is 2.61. The molecule has 1 heterocycles. The van der Waals surface area contributed by atoms with Crippen LogP contribution in [0.4, 0.5) is 0 Å². The minimum Gasteiger partial charge on any atom is -0.365 e. The summed E-state index contributed by atoms with van der Waals surface area (Å²) in [6, 6.07) is 4.32. The van der Waals surface area contributed by atoms with Crippen LogP contribution in [0.25, 0.3) is 0 Å². The molecule has 0 spiro atoms. The zero-order chi connectivity index (χ0) is 9.52. The summed E-state index contributed by atoms with van der Waals surface area (Å²) in [5.41, 5.74) is 1.43. The van der Waals surface area contributed by atoms with Crippen LogP contribution in [0.1, 0.15) is 57.6 Å². The van der Waals surface area contributed by atoms with Gasteiger partial charge in [0.05, 0.1) is 0 Å². The number of hydrogen-bond acceptors (Lipinski definition) is 0. The predicted octanol–water partition coefficient (Wildman–Crippen LogP) is 4.09. The van der Waals surface area contributed by atoms with E-state index < -0.39 is 0 Å². The Kier molecular flexibility index (Phi) is 4.66. The van der Waals surface area contributed by atoms with Gasteiger partial charge in [-0.25, -0.2) is 0 Å². The summed E-state index contributed by atoms with van der Waals surface area (Å²) in [6.07, 6.45) is 8.63. The van der Waals surface area contributed by atoms with Crippen LogP contribution in [0.2, 0.25) is 0 Å². The first kappa shape index (κ1) is 10.4. The summed E-state index contributed by atoms with van der Waals surface area (Å²) in [5.74, 6) is 0.764. The maximum absolute atomic E-state index is 3.33. The van der Waals surface area contributed by atoms with Gasteiger partial charge in [0, 0.05) is 11.9 Å². The Balaban J connectivity index is 2.47. The zero-order valence-electron chi connectivity index (χ0n) is 8.84. The van der Waals surface area contributed by atoms with E-state index in [1.165, 1.54) is 37.8 Å². The summed E-state index contributed by atoms with van der Waals surface area (Å²) < 4.78 is 0. The summed E-state index contributed by atoms with van der Waals surface area (Å²) in [4.78, 5) is 3.33. The summed E-state index contributed by atoms with van der Waals surface area (Å²) in [6.45, 7) is 4.53. The minimum atomic E-state index is 0.764. The second-order valence-electron chi connectivity index (χ2n) is 3.75. The molecule has 0 amide bonds. The standard InChI is InChI=1S/C12H21N/c1-3-5-8-11(7-4-2)12-9-6-10-13-12/h6,9-11,13H,3-5,7-8H2,1-2H3. The van der Waals surface area contributed by atoms with Crippen molar-refractivity contribution in [2.45, 2.75) is 51.9 Å². The highest BCUT2D eigenvalue weighted by Crippen LogP contribution is 2.25. The molecule has 1 aromatic heterocycles. The fraction of sp³-hybridized carbons (Fsp3) is 0.667. The van der Waals surface area contributed by atoms with E-state index in [4.69, 9.17) is 0 Å². The molecule has 0 aliphatic rings. The molecule has 13 heavy (non-hydrogen) atoms. The Morgan fingerprint density at radius 1 is 1.23 bits per heavy atom. The van der Waals surface area contributed by atoms with Gasteiger partial charge in [0.15, 0.2) is 0 Å². The minimum absolute atomic E-state index is 0.764. The zero-order valence-corrected chi connectivity index (χ0v) is 8.84. The number of unbranched alkanes of at least 4 members (excludes halogenated alkanes) is 1. The molecule has 0 bridgehead atoms. The van der Waals surface area contributed by atoms with E-state index in [1.807, 2.05) is 6.20 Å². The second-order valence-corrected chi connectivity index (χ2v) is 3.75. The van der Waals surface area contributed by atoms with Crippen LogP contribution in [0, 0.1) is 0 Å². The molecular formula is C12H21N. The van der Waals surface area contributed by atoms with E-state index in [-0.39, 0.29) is 0 Å². The Bertz CT molecular complexity index is 201. The molecule has 1 N–H and O–H groups in total. The van der Waals surface area contributed by atoms with Crippen molar-refractivity contribution in [1.82, 2.24) is 4.98 Å². The van der Waals surface area contributed by atoms with Gasteiger partial charge >= 0.3 is 0 Å². The molecule has 0 saturated carbocycles. The quantitative estimate of drug-likeness (QED) is 0.677. The van der Waals surface area contributed by atoms with Crippen LogP contribution in [0.15, 0.2) is 18.3 Å². The van der Waals surface area contributed by atoms with Gasteiger partial charge in [-0.3, -0.25) is 0 Å². The van der Waals surface area contributed by atoms with Gasteiger partial charge in [-0.1, -0.05) is 33.1 Å². The Morgan fingerprint density at radius 3 is 2.62 bits per heavy atom. The normalized spacial score (nSPS) is 13.1. The molecule has 0 radical (unpaired) electrons. The van der Waals surface area contributed by atoms with Gasteiger partial charge in [0.2, 0.25) is 0 Å². The highest BCUT2D eigenvalue weighted by molar-refractivity contribution is 5.09.